The predicted molar refractivity (Wildman–Crippen MR) is 45.9 cm³/mol. The molecule has 0 unspecified atom stereocenters. The summed E-state index contributed by atoms with van der Waals surface area (Å²) in [5, 5.41) is 1.64. The number of carbonyl (C=O) groups excluding carboxylic acids is 2. The molecule has 0 aromatic heterocycles. The molecule has 0 aliphatic carbocycles. The maximum absolute atomic E-state index is 11.8. The van der Waals surface area contributed by atoms with Gasteiger partial charge < -0.3 is 5.32 Å². The van der Waals surface area contributed by atoms with Crippen molar-refractivity contribution in [2.45, 2.75) is 6.18 Å². The molecule has 0 heterocycles. The van der Waals surface area contributed by atoms with Gasteiger partial charge in [-0.15, -0.1) is 0 Å². The van der Waals surface area contributed by atoms with Crippen LogP contribution in [-0.4, -0.2) is 18.4 Å². The van der Waals surface area contributed by atoms with E-state index in [2.05, 4.69) is 0 Å². The average Bonchev–Trinajstić information content (AvgIpc) is 2.17. The molecule has 0 bridgehead atoms. The fourth-order valence-electron chi connectivity index (χ4n) is 0.824. The van der Waals surface area contributed by atoms with Gasteiger partial charge in [0.1, 0.15) is 0 Å². The van der Waals surface area contributed by atoms with Crippen LogP contribution in [0.15, 0.2) is 24.3 Å². The van der Waals surface area contributed by atoms with Crippen molar-refractivity contribution in [2.75, 3.05) is 5.32 Å². The van der Waals surface area contributed by atoms with Crippen molar-refractivity contribution in [2.24, 2.45) is 0 Å². The van der Waals surface area contributed by atoms with E-state index in [0.29, 0.717) is 0 Å². The van der Waals surface area contributed by atoms with Crippen LogP contribution in [0, 0.1) is 0 Å². The van der Waals surface area contributed by atoms with E-state index in [4.69, 9.17) is 0 Å². The molecule has 15 heavy (non-hydrogen) atoms. The first kappa shape index (κ1) is 11.2. The van der Waals surface area contributed by atoms with Crippen molar-refractivity contribution in [3.05, 3.63) is 29.8 Å². The standard InChI is InChI=1S/C9H5F3NO2/c10-9(11,12)8(15)13-7-3-1-6(5-14)2-4-7/h1-4H,(H,13,15). The number of nitrogens with one attached hydrogen (secondary N) is 1. The Morgan fingerprint density at radius 3 is 2.13 bits per heavy atom. The molecule has 3 nitrogen and oxygen atoms in total. The van der Waals surface area contributed by atoms with E-state index in [1.54, 1.807) is 11.6 Å². The van der Waals surface area contributed by atoms with Gasteiger partial charge in [0.25, 0.3) is 0 Å². The Morgan fingerprint density at radius 2 is 1.73 bits per heavy atom. The maximum Gasteiger partial charge on any atom is 0.471 e. The minimum Gasteiger partial charge on any atom is -0.318 e. The zero-order chi connectivity index (χ0) is 11.5. The molecular formula is C9H5F3NO2. The zero-order valence-corrected chi connectivity index (χ0v) is 7.26. The summed E-state index contributed by atoms with van der Waals surface area (Å²) < 4.78 is 35.4. The number of anilines is 1. The highest BCUT2D eigenvalue weighted by atomic mass is 19.4. The Kier molecular flexibility index (Phi) is 3.08. The van der Waals surface area contributed by atoms with Crippen LogP contribution in [-0.2, 0) is 9.59 Å². The Hall–Kier alpha value is -1.85. The molecule has 0 saturated heterocycles. The molecule has 1 N–H and O–H groups in total. The molecule has 0 aliphatic heterocycles. The number of hydrogen-bond acceptors (Lipinski definition) is 2. The molecule has 79 valence electrons. The van der Waals surface area contributed by atoms with E-state index >= 15 is 0 Å². The normalized spacial score (nSPS) is 10.9. The van der Waals surface area contributed by atoms with Gasteiger partial charge in [-0.3, -0.25) is 9.59 Å². The molecule has 0 saturated carbocycles. The fourth-order valence-corrected chi connectivity index (χ4v) is 0.824. The van der Waals surface area contributed by atoms with Gasteiger partial charge >= 0.3 is 12.1 Å². The van der Waals surface area contributed by atoms with E-state index in [9.17, 15) is 22.8 Å². The Bertz CT molecular complexity index is 370. The van der Waals surface area contributed by atoms with Crippen LogP contribution in [0.2, 0.25) is 0 Å². The lowest BCUT2D eigenvalue weighted by Gasteiger charge is -2.07. The SMILES string of the molecule is O=[C]c1ccc(NC(=O)C(F)(F)F)cc1. The van der Waals surface area contributed by atoms with Gasteiger partial charge in [0.2, 0.25) is 6.29 Å². The molecule has 1 amide bonds. The van der Waals surface area contributed by atoms with E-state index in [0.717, 1.165) is 0 Å². The first-order valence-corrected chi connectivity index (χ1v) is 3.80. The monoisotopic (exact) mass is 216 g/mol. The summed E-state index contributed by atoms with van der Waals surface area (Å²) in [5.41, 5.74) is 0.163. The Balaban J connectivity index is 2.74. The first-order chi connectivity index (χ1) is 6.93. The van der Waals surface area contributed by atoms with Gasteiger partial charge in [0, 0.05) is 11.3 Å². The summed E-state index contributed by atoms with van der Waals surface area (Å²) in [6.07, 6.45) is -3.37. The third-order valence-electron chi connectivity index (χ3n) is 1.52. The summed E-state index contributed by atoms with van der Waals surface area (Å²) >= 11 is 0. The lowest BCUT2D eigenvalue weighted by Crippen LogP contribution is -2.29. The molecule has 6 heteroatoms. The summed E-state index contributed by atoms with van der Waals surface area (Å²) in [4.78, 5) is 20.6. The Morgan fingerprint density at radius 1 is 1.20 bits per heavy atom. The lowest BCUT2D eigenvalue weighted by atomic mass is 10.2. The van der Waals surface area contributed by atoms with Crippen LogP contribution >= 0.6 is 0 Å². The molecule has 1 radical (unpaired) electrons. The van der Waals surface area contributed by atoms with Crippen LogP contribution in [0.1, 0.15) is 5.56 Å². The minimum absolute atomic E-state index is 0.0312. The van der Waals surface area contributed by atoms with Gasteiger partial charge in [-0.25, -0.2) is 0 Å². The minimum atomic E-state index is -4.92. The molecular weight excluding hydrogens is 211 g/mol. The number of alkyl halides is 3. The van der Waals surface area contributed by atoms with E-state index in [1.165, 1.54) is 24.3 Å². The van der Waals surface area contributed by atoms with Crippen LogP contribution in [0.5, 0.6) is 0 Å². The highest BCUT2D eigenvalue weighted by Gasteiger charge is 2.38. The highest BCUT2D eigenvalue weighted by molar-refractivity contribution is 5.95. The van der Waals surface area contributed by atoms with Crippen molar-refractivity contribution in [3.8, 4) is 0 Å². The zero-order valence-electron chi connectivity index (χ0n) is 7.26. The first-order valence-electron chi connectivity index (χ1n) is 3.80. The van der Waals surface area contributed by atoms with E-state index < -0.39 is 12.1 Å². The molecule has 0 atom stereocenters. The molecule has 1 rings (SSSR count). The summed E-state index contributed by atoms with van der Waals surface area (Å²) in [7, 11) is 0. The predicted octanol–water partition coefficient (Wildman–Crippen LogP) is 1.65. The van der Waals surface area contributed by atoms with Gasteiger partial charge in [0.15, 0.2) is 0 Å². The number of amides is 1. The lowest BCUT2D eigenvalue weighted by molar-refractivity contribution is -0.167. The number of halogens is 3. The summed E-state index contributed by atoms with van der Waals surface area (Å²) in [5.74, 6) is -2.05. The van der Waals surface area contributed by atoms with Crippen LogP contribution in [0.4, 0.5) is 18.9 Å². The molecule has 0 fully saturated rings. The van der Waals surface area contributed by atoms with Crippen LogP contribution in [0.25, 0.3) is 0 Å². The second-order valence-corrected chi connectivity index (χ2v) is 2.63. The number of hydrogen-bond donors (Lipinski definition) is 1. The second kappa shape index (κ2) is 4.12. The Labute approximate surface area is 82.9 Å². The van der Waals surface area contributed by atoms with Crippen molar-refractivity contribution in [3.63, 3.8) is 0 Å². The maximum atomic E-state index is 11.8. The number of carbonyl (C=O) groups is 1. The van der Waals surface area contributed by atoms with Gasteiger partial charge in [-0.2, -0.15) is 13.2 Å². The fraction of sp³-hybridized carbons (Fsp3) is 0.111. The topological polar surface area (TPSA) is 46.2 Å². The number of benzene rings is 1. The van der Waals surface area contributed by atoms with Gasteiger partial charge in [-0.05, 0) is 24.3 Å². The van der Waals surface area contributed by atoms with Gasteiger partial charge in [0.05, 0.1) is 0 Å². The van der Waals surface area contributed by atoms with E-state index in [-0.39, 0.29) is 11.3 Å². The van der Waals surface area contributed by atoms with Crippen molar-refractivity contribution >= 4 is 17.9 Å². The molecule has 1 aromatic rings. The van der Waals surface area contributed by atoms with Crippen LogP contribution in [0.3, 0.4) is 0 Å². The largest absolute Gasteiger partial charge is 0.471 e. The average molecular weight is 216 g/mol. The third-order valence-corrected chi connectivity index (χ3v) is 1.52. The summed E-state index contributed by atoms with van der Waals surface area (Å²) in [6, 6.07) is 4.87. The van der Waals surface area contributed by atoms with E-state index in [1.807, 2.05) is 0 Å². The van der Waals surface area contributed by atoms with Crippen molar-refractivity contribution in [1.82, 2.24) is 0 Å². The van der Waals surface area contributed by atoms with Gasteiger partial charge in [-0.1, -0.05) is 0 Å². The summed E-state index contributed by atoms with van der Waals surface area (Å²) in [6.45, 7) is 0. The highest BCUT2D eigenvalue weighted by Crippen LogP contribution is 2.18. The smallest absolute Gasteiger partial charge is 0.318 e. The third kappa shape index (κ3) is 3.08. The molecule has 0 aliphatic rings. The van der Waals surface area contributed by atoms with Crippen molar-refractivity contribution < 1.29 is 22.8 Å². The van der Waals surface area contributed by atoms with Crippen molar-refractivity contribution in [1.29, 1.82) is 0 Å². The number of rotatable bonds is 2. The second-order valence-electron chi connectivity index (χ2n) is 2.63. The molecule has 1 aromatic carbocycles. The van der Waals surface area contributed by atoms with Crippen LogP contribution < -0.4 is 5.32 Å². The quantitative estimate of drug-likeness (QED) is 0.816. The molecule has 0 spiro atoms.